The summed E-state index contributed by atoms with van der Waals surface area (Å²) in [6, 6.07) is 6.10. The van der Waals surface area contributed by atoms with Gasteiger partial charge in [0.2, 0.25) is 0 Å². The van der Waals surface area contributed by atoms with Gasteiger partial charge in [-0.05, 0) is 39.3 Å². The molecule has 0 saturated carbocycles. The Balaban J connectivity index is 2.82. The Morgan fingerprint density at radius 2 is 2.12 bits per heavy atom. The zero-order chi connectivity index (χ0) is 12.8. The first kappa shape index (κ1) is 13.4. The van der Waals surface area contributed by atoms with Crippen molar-refractivity contribution in [2.75, 3.05) is 11.1 Å². The number of hydrogen-bond acceptors (Lipinski definition) is 3. The fourth-order valence-electron chi connectivity index (χ4n) is 1.60. The maximum atomic E-state index is 6.06. The summed E-state index contributed by atoms with van der Waals surface area (Å²) in [4.78, 5) is 0. The van der Waals surface area contributed by atoms with Crippen LogP contribution in [0.25, 0.3) is 0 Å². The Hall–Kier alpha value is -1.64. The van der Waals surface area contributed by atoms with E-state index in [2.05, 4.69) is 18.8 Å². The fraction of sp³-hybridized carbons (Fsp3) is 0.429. The zero-order valence-corrected chi connectivity index (χ0v) is 10.9. The molecule has 0 aromatic heterocycles. The average Bonchev–Trinajstić information content (AvgIpc) is 2.23. The molecule has 3 N–H and O–H groups in total. The van der Waals surface area contributed by atoms with Gasteiger partial charge >= 0.3 is 0 Å². The van der Waals surface area contributed by atoms with Crippen LogP contribution in [0.2, 0.25) is 0 Å². The highest BCUT2D eigenvalue weighted by atomic mass is 16.5. The SMILES string of the molecule is C=CCC(C)Nc1cccc(OC(C)C)c1N. The number of para-hydroxylation sites is 1. The molecular formula is C14H22N2O. The normalized spacial score (nSPS) is 12.2. The highest BCUT2D eigenvalue weighted by molar-refractivity contribution is 5.73. The van der Waals surface area contributed by atoms with Crippen LogP contribution in [0.15, 0.2) is 30.9 Å². The van der Waals surface area contributed by atoms with E-state index in [0.717, 1.165) is 17.9 Å². The molecule has 0 spiro atoms. The van der Waals surface area contributed by atoms with Crippen molar-refractivity contribution in [3.05, 3.63) is 30.9 Å². The maximum absolute atomic E-state index is 6.06. The van der Waals surface area contributed by atoms with Gasteiger partial charge in [-0.3, -0.25) is 0 Å². The summed E-state index contributed by atoms with van der Waals surface area (Å²) < 4.78 is 5.64. The molecule has 0 aliphatic rings. The van der Waals surface area contributed by atoms with Crippen molar-refractivity contribution in [1.29, 1.82) is 0 Å². The van der Waals surface area contributed by atoms with E-state index < -0.39 is 0 Å². The van der Waals surface area contributed by atoms with E-state index in [1.54, 1.807) is 0 Å². The van der Waals surface area contributed by atoms with Crippen LogP contribution in [0.5, 0.6) is 5.75 Å². The summed E-state index contributed by atoms with van der Waals surface area (Å²) in [6.45, 7) is 9.79. The minimum atomic E-state index is 0.123. The van der Waals surface area contributed by atoms with Crippen LogP contribution in [0.4, 0.5) is 11.4 Å². The molecule has 17 heavy (non-hydrogen) atoms. The van der Waals surface area contributed by atoms with Gasteiger partial charge in [-0.1, -0.05) is 12.1 Å². The number of ether oxygens (including phenoxy) is 1. The molecule has 1 atom stereocenters. The topological polar surface area (TPSA) is 47.3 Å². The van der Waals surface area contributed by atoms with E-state index in [1.807, 2.05) is 38.1 Å². The molecule has 0 fully saturated rings. The number of nitrogens with two attached hydrogens (primary N) is 1. The van der Waals surface area contributed by atoms with Gasteiger partial charge < -0.3 is 15.8 Å². The van der Waals surface area contributed by atoms with Gasteiger partial charge in [0.25, 0.3) is 0 Å². The van der Waals surface area contributed by atoms with Crippen LogP contribution >= 0.6 is 0 Å². The zero-order valence-electron chi connectivity index (χ0n) is 10.9. The smallest absolute Gasteiger partial charge is 0.144 e. The van der Waals surface area contributed by atoms with E-state index in [1.165, 1.54) is 0 Å². The number of hydrogen-bond donors (Lipinski definition) is 2. The molecule has 94 valence electrons. The predicted molar refractivity (Wildman–Crippen MR) is 74.5 cm³/mol. The number of nitrogen functional groups attached to an aromatic ring is 1. The van der Waals surface area contributed by atoms with Crippen molar-refractivity contribution in [2.24, 2.45) is 0 Å². The first-order valence-corrected chi connectivity index (χ1v) is 5.97. The van der Waals surface area contributed by atoms with Crippen LogP contribution in [0.3, 0.4) is 0 Å². The average molecular weight is 234 g/mol. The molecular weight excluding hydrogens is 212 g/mol. The van der Waals surface area contributed by atoms with Crippen molar-refractivity contribution in [2.45, 2.75) is 39.3 Å². The second-order valence-corrected chi connectivity index (χ2v) is 4.45. The van der Waals surface area contributed by atoms with Crippen molar-refractivity contribution in [1.82, 2.24) is 0 Å². The van der Waals surface area contributed by atoms with Crippen molar-refractivity contribution in [3.63, 3.8) is 0 Å². The van der Waals surface area contributed by atoms with Crippen LogP contribution in [0.1, 0.15) is 27.2 Å². The highest BCUT2D eigenvalue weighted by Crippen LogP contribution is 2.30. The lowest BCUT2D eigenvalue weighted by Gasteiger charge is -2.18. The van der Waals surface area contributed by atoms with E-state index in [4.69, 9.17) is 10.5 Å². The monoisotopic (exact) mass is 234 g/mol. The summed E-state index contributed by atoms with van der Waals surface area (Å²) in [6.07, 6.45) is 2.91. The minimum Gasteiger partial charge on any atom is -0.489 e. The maximum Gasteiger partial charge on any atom is 0.144 e. The third-order valence-electron chi connectivity index (χ3n) is 2.35. The second kappa shape index (κ2) is 6.18. The van der Waals surface area contributed by atoms with Crippen molar-refractivity contribution >= 4 is 11.4 Å². The summed E-state index contributed by atoms with van der Waals surface area (Å²) >= 11 is 0. The van der Waals surface area contributed by atoms with Gasteiger partial charge in [0.1, 0.15) is 5.75 Å². The van der Waals surface area contributed by atoms with E-state index in [-0.39, 0.29) is 6.10 Å². The molecule has 1 aromatic rings. The fourth-order valence-corrected chi connectivity index (χ4v) is 1.60. The van der Waals surface area contributed by atoms with Gasteiger partial charge in [0.15, 0.2) is 0 Å². The number of rotatable bonds is 6. The lowest BCUT2D eigenvalue weighted by molar-refractivity contribution is 0.244. The van der Waals surface area contributed by atoms with E-state index in [0.29, 0.717) is 11.7 Å². The van der Waals surface area contributed by atoms with Gasteiger partial charge in [0, 0.05) is 6.04 Å². The van der Waals surface area contributed by atoms with E-state index >= 15 is 0 Å². The van der Waals surface area contributed by atoms with Crippen molar-refractivity contribution < 1.29 is 4.74 Å². The number of benzene rings is 1. The molecule has 0 heterocycles. The van der Waals surface area contributed by atoms with Crippen LogP contribution < -0.4 is 15.8 Å². The molecule has 0 aliphatic carbocycles. The first-order chi connectivity index (χ1) is 8.04. The third kappa shape index (κ3) is 4.02. The Kier molecular flexibility index (Phi) is 4.88. The standard InChI is InChI=1S/C14H22N2O/c1-5-7-11(4)16-12-8-6-9-13(14(12)15)17-10(2)3/h5-6,8-11,16H,1,7,15H2,2-4H3. The summed E-state index contributed by atoms with van der Waals surface area (Å²) in [5, 5.41) is 3.35. The molecule has 3 heteroatoms. The lowest BCUT2D eigenvalue weighted by atomic mass is 10.2. The van der Waals surface area contributed by atoms with Crippen LogP contribution in [-0.2, 0) is 0 Å². The van der Waals surface area contributed by atoms with Gasteiger partial charge in [-0.2, -0.15) is 0 Å². The second-order valence-electron chi connectivity index (χ2n) is 4.45. The lowest BCUT2D eigenvalue weighted by Crippen LogP contribution is -2.16. The Morgan fingerprint density at radius 3 is 2.71 bits per heavy atom. The predicted octanol–water partition coefficient (Wildman–Crippen LogP) is 3.43. The molecule has 0 bridgehead atoms. The van der Waals surface area contributed by atoms with Crippen LogP contribution in [-0.4, -0.2) is 12.1 Å². The van der Waals surface area contributed by atoms with Gasteiger partial charge in [0.05, 0.1) is 17.5 Å². The van der Waals surface area contributed by atoms with Gasteiger partial charge in [-0.25, -0.2) is 0 Å². The third-order valence-corrected chi connectivity index (χ3v) is 2.35. The Bertz CT molecular complexity index is 374. The largest absolute Gasteiger partial charge is 0.489 e. The van der Waals surface area contributed by atoms with Crippen LogP contribution in [0, 0.1) is 0 Å². The molecule has 0 amide bonds. The highest BCUT2D eigenvalue weighted by Gasteiger charge is 2.09. The summed E-state index contributed by atoms with van der Waals surface area (Å²) in [5.74, 6) is 0.732. The quantitative estimate of drug-likeness (QED) is 0.585. The Morgan fingerprint density at radius 1 is 1.41 bits per heavy atom. The Labute approximate surface area is 104 Å². The molecule has 0 saturated heterocycles. The van der Waals surface area contributed by atoms with E-state index in [9.17, 15) is 0 Å². The molecule has 3 nitrogen and oxygen atoms in total. The molecule has 1 rings (SSSR count). The molecule has 1 unspecified atom stereocenters. The number of anilines is 2. The minimum absolute atomic E-state index is 0.123. The summed E-state index contributed by atoms with van der Waals surface area (Å²) in [7, 11) is 0. The first-order valence-electron chi connectivity index (χ1n) is 5.97. The molecule has 1 aromatic carbocycles. The van der Waals surface area contributed by atoms with Crippen molar-refractivity contribution in [3.8, 4) is 5.75 Å². The summed E-state index contributed by atoms with van der Waals surface area (Å²) in [5.41, 5.74) is 7.64. The molecule has 0 aliphatic heterocycles. The molecule has 0 radical (unpaired) electrons. The number of nitrogens with one attached hydrogen (secondary N) is 1. The van der Waals surface area contributed by atoms with Gasteiger partial charge in [-0.15, -0.1) is 6.58 Å².